The zero-order chi connectivity index (χ0) is 13.9. The second-order valence-electron chi connectivity index (χ2n) is 3.30. The van der Waals surface area contributed by atoms with Crippen LogP contribution in [-0.2, 0) is 9.53 Å². The van der Waals surface area contributed by atoms with Crippen molar-refractivity contribution in [3.63, 3.8) is 0 Å². The summed E-state index contributed by atoms with van der Waals surface area (Å²) in [4.78, 5) is 10.2. The van der Waals surface area contributed by atoms with Crippen LogP contribution in [0.3, 0.4) is 0 Å². The minimum atomic E-state index is -1.11. The minimum Gasteiger partial charge on any atom is -0.502 e. The first-order chi connectivity index (χ1) is 7.92. The molecule has 0 aliphatic heterocycles. The molecule has 0 bridgehead atoms. The Hall–Kier alpha value is -1.15. The van der Waals surface area contributed by atoms with E-state index >= 15 is 0 Å². The van der Waals surface area contributed by atoms with E-state index in [0.29, 0.717) is 0 Å². The smallest absolute Gasteiger partial charge is 0.372 e. The van der Waals surface area contributed by atoms with E-state index in [2.05, 4.69) is 11.3 Å². The zero-order valence-electron chi connectivity index (χ0n) is 9.80. The summed E-state index contributed by atoms with van der Waals surface area (Å²) < 4.78 is 4.31. The van der Waals surface area contributed by atoms with Gasteiger partial charge < -0.3 is 30.3 Å². The summed E-state index contributed by atoms with van der Waals surface area (Å²) in [6.45, 7) is 3.25. The molecule has 0 aromatic heterocycles. The van der Waals surface area contributed by atoms with Crippen LogP contribution in [0, 0.1) is 5.41 Å². The van der Waals surface area contributed by atoms with Crippen LogP contribution in [0.4, 0.5) is 0 Å². The maximum absolute atomic E-state index is 10.2. The van der Waals surface area contributed by atoms with E-state index in [1.165, 1.54) is 0 Å². The molecule has 0 atom stereocenters. The number of ether oxygens (including phenoxy) is 1. The molecule has 0 aromatic rings. The lowest BCUT2D eigenvalue weighted by Crippen LogP contribution is -2.37. The first kappa shape index (κ1) is 18.2. The van der Waals surface area contributed by atoms with Gasteiger partial charge in [0.2, 0.25) is 0 Å². The summed E-state index contributed by atoms with van der Waals surface area (Å²) in [7, 11) is 0. The van der Waals surface area contributed by atoms with Gasteiger partial charge in [0.15, 0.2) is 5.76 Å². The maximum atomic E-state index is 10.2. The molecule has 0 unspecified atom stereocenters. The Bertz CT molecular complexity index is 205. The molecular formula is C10H20O7. The normalized spacial score (nSPS) is 10.2. The van der Waals surface area contributed by atoms with Crippen LogP contribution in [0.25, 0.3) is 0 Å². The highest BCUT2D eigenvalue weighted by molar-refractivity contribution is 5.84. The summed E-state index contributed by atoms with van der Waals surface area (Å²) in [6, 6.07) is 0. The van der Waals surface area contributed by atoms with Crippen molar-refractivity contribution >= 4 is 5.97 Å². The summed E-state index contributed by atoms with van der Waals surface area (Å²) in [5.74, 6) is -1.31. The first-order valence-corrected chi connectivity index (χ1v) is 4.91. The number of aliphatic hydroxyl groups is 5. The number of hydrogen-bond acceptors (Lipinski definition) is 7. The molecule has 0 saturated carbocycles. The van der Waals surface area contributed by atoms with Gasteiger partial charge in [0.1, 0.15) is 0 Å². The predicted molar refractivity (Wildman–Crippen MR) is 59.2 cm³/mol. The van der Waals surface area contributed by atoms with Gasteiger partial charge in [-0.25, -0.2) is 4.79 Å². The quantitative estimate of drug-likeness (QED) is 0.222. The van der Waals surface area contributed by atoms with Gasteiger partial charge in [0.05, 0.1) is 38.4 Å². The summed E-state index contributed by atoms with van der Waals surface area (Å²) >= 11 is 0. The van der Waals surface area contributed by atoms with Gasteiger partial charge in [0.25, 0.3) is 0 Å². The van der Waals surface area contributed by atoms with Crippen LogP contribution in [-0.4, -0.2) is 64.5 Å². The van der Waals surface area contributed by atoms with Crippen LogP contribution in [0.2, 0.25) is 0 Å². The monoisotopic (exact) mass is 252 g/mol. The van der Waals surface area contributed by atoms with Crippen LogP contribution in [0.15, 0.2) is 12.3 Å². The number of hydrogen-bond donors (Lipinski definition) is 5. The van der Waals surface area contributed by atoms with Crippen molar-refractivity contribution in [2.24, 2.45) is 5.41 Å². The molecule has 0 aliphatic rings. The largest absolute Gasteiger partial charge is 0.502 e. The van der Waals surface area contributed by atoms with Gasteiger partial charge in [0, 0.05) is 0 Å². The third-order valence-corrected chi connectivity index (χ3v) is 1.85. The number of esters is 1. The standard InChI is InChI=1S/C5H12O4.C5H8O3/c6-1-5(2-7,3-8)4-9;1-3-8-5(7)4(2)6/h6-9H,1-4H2;6H,2-3H2,1H3. The van der Waals surface area contributed by atoms with Crippen LogP contribution in [0.1, 0.15) is 6.92 Å². The summed E-state index contributed by atoms with van der Waals surface area (Å²) in [5.41, 5.74) is -1.11. The molecule has 7 nitrogen and oxygen atoms in total. The van der Waals surface area contributed by atoms with E-state index in [1.54, 1.807) is 6.92 Å². The van der Waals surface area contributed by atoms with E-state index in [0.717, 1.165) is 0 Å². The van der Waals surface area contributed by atoms with Crippen molar-refractivity contribution in [2.75, 3.05) is 33.0 Å². The van der Waals surface area contributed by atoms with Crippen LogP contribution >= 0.6 is 0 Å². The third-order valence-electron chi connectivity index (χ3n) is 1.85. The molecule has 17 heavy (non-hydrogen) atoms. The van der Waals surface area contributed by atoms with Crippen molar-refractivity contribution in [1.29, 1.82) is 0 Å². The molecule has 0 saturated heterocycles. The fraction of sp³-hybridized carbons (Fsp3) is 0.700. The van der Waals surface area contributed by atoms with Gasteiger partial charge in [-0.05, 0) is 13.5 Å². The Balaban J connectivity index is 0. The van der Waals surface area contributed by atoms with Gasteiger partial charge in [-0.1, -0.05) is 0 Å². The van der Waals surface area contributed by atoms with E-state index in [4.69, 9.17) is 25.5 Å². The van der Waals surface area contributed by atoms with E-state index in [-0.39, 0.29) is 6.61 Å². The lowest BCUT2D eigenvalue weighted by atomic mass is 9.93. The Labute approximate surface area is 99.6 Å². The van der Waals surface area contributed by atoms with Gasteiger partial charge in [-0.15, -0.1) is 0 Å². The molecule has 0 heterocycles. The molecule has 0 rings (SSSR count). The lowest BCUT2D eigenvalue weighted by molar-refractivity contribution is -0.141. The van der Waals surface area contributed by atoms with Gasteiger partial charge in [-0.3, -0.25) is 0 Å². The topological polar surface area (TPSA) is 127 Å². The average molecular weight is 252 g/mol. The molecule has 0 radical (unpaired) electrons. The fourth-order valence-corrected chi connectivity index (χ4v) is 0.514. The second kappa shape index (κ2) is 10.0. The van der Waals surface area contributed by atoms with Crippen molar-refractivity contribution in [3.05, 3.63) is 12.3 Å². The molecule has 0 spiro atoms. The minimum absolute atomic E-state index is 0.262. The summed E-state index contributed by atoms with van der Waals surface area (Å²) in [6.07, 6.45) is 0. The highest BCUT2D eigenvalue weighted by Gasteiger charge is 2.26. The van der Waals surface area contributed by atoms with E-state index < -0.39 is 43.6 Å². The molecule has 0 fully saturated rings. The van der Waals surface area contributed by atoms with Crippen molar-refractivity contribution in [3.8, 4) is 0 Å². The third kappa shape index (κ3) is 7.70. The van der Waals surface area contributed by atoms with Gasteiger partial charge in [-0.2, -0.15) is 0 Å². The van der Waals surface area contributed by atoms with Crippen molar-refractivity contribution in [1.82, 2.24) is 0 Å². The van der Waals surface area contributed by atoms with Crippen LogP contribution in [0.5, 0.6) is 0 Å². The summed E-state index contributed by atoms with van der Waals surface area (Å²) in [5, 5.41) is 42.3. The van der Waals surface area contributed by atoms with E-state index in [1.807, 2.05) is 0 Å². The average Bonchev–Trinajstić information content (AvgIpc) is 2.34. The number of aliphatic hydroxyl groups excluding tert-OH is 5. The number of carbonyl (C=O) groups is 1. The second-order valence-corrected chi connectivity index (χ2v) is 3.30. The molecule has 0 aromatic carbocycles. The van der Waals surface area contributed by atoms with Crippen molar-refractivity contribution < 1.29 is 35.1 Å². The molecule has 102 valence electrons. The molecule has 5 N–H and O–H groups in total. The SMILES string of the molecule is C=C(O)C(=O)OCC.OCC(CO)(CO)CO. The Morgan fingerprint density at radius 1 is 1.12 bits per heavy atom. The Kier molecular flexibility index (Phi) is 10.8. The van der Waals surface area contributed by atoms with Crippen LogP contribution < -0.4 is 0 Å². The molecular weight excluding hydrogens is 232 g/mol. The van der Waals surface area contributed by atoms with Crippen molar-refractivity contribution in [2.45, 2.75) is 6.92 Å². The molecule has 0 amide bonds. The highest BCUT2D eigenvalue weighted by atomic mass is 16.5. The Morgan fingerprint density at radius 2 is 1.47 bits per heavy atom. The number of rotatable bonds is 6. The maximum Gasteiger partial charge on any atom is 0.372 e. The first-order valence-electron chi connectivity index (χ1n) is 4.91. The number of carbonyl (C=O) groups excluding carboxylic acids is 1. The van der Waals surface area contributed by atoms with Gasteiger partial charge >= 0.3 is 5.97 Å². The lowest BCUT2D eigenvalue weighted by Gasteiger charge is -2.23. The molecule has 0 aliphatic carbocycles. The van der Waals surface area contributed by atoms with E-state index in [9.17, 15) is 4.79 Å². The predicted octanol–water partition coefficient (Wildman–Crippen LogP) is -1.44. The Morgan fingerprint density at radius 3 is 1.53 bits per heavy atom. The highest BCUT2D eigenvalue weighted by Crippen LogP contribution is 2.11. The fourth-order valence-electron chi connectivity index (χ4n) is 0.514. The zero-order valence-corrected chi connectivity index (χ0v) is 9.80. The molecule has 7 heteroatoms.